The minimum Gasteiger partial charge on any atom is -0.492 e. The fourth-order valence-corrected chi connectivity index (χ4v) is 4.23. The van der Waals surface area contributed by atoms with Crippen LogP contribution in [0, 0.1) is 12.8 Å². The molecule has 0 aliphatic heterocycles. The molecule has 0 saturated heterocycles. The number of fused-ring (bicyclic) bond motifs is 1. The lowest BCUT2D eigenvalue weighted by molar-refractivity contribution is 0.100. The standard InChI is InChI=1S/C20H21ClN4O3S/c1-9(23-20-24-10(2)17(29-20)18(22)26)13-5-12-6-14(21)16(28-8-11-3-4-11)7-15(12)25-19(13)27/h5-7,9,11H,3-4,8H2,1-2H3,(H2,22,26)(H,23,24)(H,25,27)/t9-/m0/s1. The molecule has 1 fully saturated rings. The smallest absolute Gasteiger partial charge is 0.260 e. The summed E-state index contributed by atoms with van der Waals surface area (Å²) in [5.41, 5.74) is 6.91. The van der Waals surface area contributed by atoms with Gasteiger partial charge < -0.3 is 20.8 Å². The number of nitrogens with zero attached hydrogens (tertiary/aromatic N) is 1. The Hall–Kier alpha value is -2.58. The number of hydrogen-bond acceptors (Lipinski definition) is 6. The highest BCUT2D eigenvalue weighted by atomic mass is 35.5. The molecule has 0 unspecified atom stereocenters. The average molecular weight is 433 g/mol. The number of nitrogens with one attached hydrogen (secondary N) is 2. The zero-order chi connectivity index (χ0) is 20.7. The number of rotatable bonds is 7. The van der Waals surface area contributed by atoms with Gasteiger partial charge in [-0.3, -0.25) is 9.59 Å². The first-order valence-electron chi connectivity index (χ1n) is 9.35. The molecule has 0 radical (unpaired) electrons. The molecule has 152 valence electrons. The molecular weight excluding hydrogens is 412 g/mol. The van der Waals surface area contributed by atoms with E-state index >= 15 is 0 Å². The van der Waals surface area contributed by atoms with Gasteiger partial charge in [-0.25, -0.2) is 4.98 Å². The third-order valence-corrected chi connectivity index (χ3v) is 6.32. The SMILES string of the molecule is Cc1nc(N[C@@H](C)c2cc3cc(Cl)c(OCC4CC4)cc3[nH]c2=O)sc1C(N)=O. The van der Waals surface area contributed by atoms with Crippen LogP contribution in [0.1, 0.15) is 46.7 Å². The van der Waals surface area contributed by atoms with Crippen molar-refractivity contribution >= 4 is 44.9 Å². The van der Waals surface area contributed by atoms with Crippen LogP contribution in [0.3, 0.4) is 0 Å². The van der Waals surface area contributed by atoms with E-state index in [-0.39, 0.29) is 11.6 Å². The molecule has 1 amide bonds. The second kappa shape index (κ2) is 7.68. The number of benzene rings is 1. The highest BCUT2D eigenvalue weighted by molar-refractivity contribution is 7.17. The first kappa shape index (κ1) is 19.7. The molecule has 2 heterocycles. The third kappa shape index (κ3) is 4.23. The van der Waals surface area contributed by atoms with Crippen molar-refractivity contribution in [2.45, 2.75) is 32.7 Å². The fourth-order valence-electron chi connectivity index (χ4n) is 3.10. The molecule has 1 aliphatic carbocycles. The number of hydrogen-bond donors (Lipinski definition) is 3. The second-order valence-corrected chi connectivity index (χ2v) is 8.75. The van der Waals surface area contributed by atoms with Gasteiger partial charge in [0.05, 0.1) is 28.9 Å². The third-order valence-electron chi connectivity index (χ3n) is 4.92. The molecule has 1 aromatic carbocycles. The molecule has 29 heavy (non-hydrogen) atoms. The highest BCUT2D eigenvalue weighted by Crippen LogP contribution is 2.34. The van der Waals surface area contributed by atoms with Gasteiger partial charge in [-0.15, -0.1) is 0 Å². The Kier molecular flexibility index (Phi) is 5.23. The Labute approximate surface area is 176 Å². The summed E-state index contributed by atoms with van der Waals surface area (Å²) in [5.74, 6) is 0.677. The minimum absolute atomic E-state index is 0.212. The Morgan fingerprint density at radius 3 is 2.86 bits per heavy atom. The highest BCUT2D eigenvalue weighted by Gasteiger charge is 2.22. The van der Waals surface area contributed by atoms with Crippen LogP contribution < -0.4 is 21.3 Å². The van der Waals surface area contributed by atoms with Gasteiger partial charge in [0.15, 0.2) is 5.13 Å². The summed E-state index contributed by atoms with van der Waals surface area (Å²) < 4.78 is 5.79. The number of anilines is 1. The van der Waals surface area contributed by atoms with Crippen molar-refractivity contribution < 1.29 is 9.53 Å². The normalized spacial score (nSPS) is 14.7. The van der Waals surface area contributed by atoms with E-state index in [9.17, 15) is 9.59 Å². The lowest BCUT2D eigenvalue weighted by Gasteiger charge is -2.14. The van der Waals surface area contributed by atoms with Crippen LogP contribution in [-0.4, -0.2) is 22.5 Å². The molecule has 2 aromatic heterocycles. The fraction of sp³-hybridized carbons (Fsp3) is 0.350. The van der Waals surface area contributed by atoms with E-state index in [0.29, 0.717) is 50.1 Å². The number of pyridine rings is 1. The predicted octanol–water partition coefficient (Wildman–Crippen LogP) is 4.01. The first-order valence-corrected chi connectivity index (χ1v) is 10.5. The summed E-state index contributed by atoms with van der Waals surface area (Å²) in [6, 6.07) is 5.04. The summed E-state index contributed by atoms with van der Waals surface area (Å²) in [4.78, 5) is 31.7. The number of ether oxygens (including phenoxy) is 1. The van der Waals surface area contributed by atoms with E-state index in [4.69, 9.17) is 22.1 Å². The van der Waals surface area contributed by atoms with Crippen molar-refractivity contribution in [2.24, 2.45) is 11.7 Å². The Bertz CT molecular complexity index is 1150. The molecule has 3 aromatic rings. The topological polar surface area (TPSA) is 110 Å². The Morgan fingerprint density at radius 1 is 1.45 bits per heavy atom. The molecule has 1 aliphatic rings. The summed E-state index contributed by atoms with van der Waals surface area (Å²) >= 11 is 7.54. The van der Waals surface area contributed by atoms with Crippen molar-refractivity contribution in [3.8, 4) is 5.75 Å². The Morgan fingerprint density at radius 2 is 2.21 bits per heavy atom. The molecule has 4 rings (SSSR count). The number of nitrogens with two attached hydrogens (primary N) is 1. The number of aromatic amines is 1. The van der Waals surface area contributed by atoms with Crippen molar-refractivity contribution in [1.82, 2.24) is 9.97 Å². The molecule has 1 atom stereocenters. The number of aryl methyl sites for hydroxylation is 1. The average Bonchev–Trinajstić information content (AvgIpc) is 3.41. The molecule has 4 N–H and O–H groups in total. The second-order valence-electron chi connectivity index (χ2n) is 7.34. The van der Waals surface area contributed by atoms with Crippen molar-refractivity contribution in [2.75, 3.05) is 11.9 Å². The van der Waals surface area contributed by atoms with E-state index in [1.54, 1.807) is 25.1 Å². The number of primary amides is 1. The van der Waals surface area contributed by atoms with Gasteiger partial charge in [0.2, 0.25) is 0 Å². The van der Waals surface area contributed by atoms with Crippen LogP contribution in [0.2, 0.25) is 5.02 Å². The largest absolute Gasteiger partial charge is 0.492 e. The number of carbonyl (C=O) groups excluding carboxylic acids is 1. The van der Waals surface area contributed by atoms with Crippen molar-refractivity contribution in [1.29, 1.82) is 0 Å². The molecule has 0 spiro atoms. The van der Waals surface area contributed by atoms with E-state index < -0.39 is 5.91 Å². The number of halogens is 1. The number of H-pyrrole nitrogens is 1. The number of aromatic nitrogens is 2. The minimum atomic E-state index is -0.515. The zero-order valence-electron chi connectivity index (χ0n) is 16.0. The number of amides is 1. The van der Waals surface area contributed by atoms with E-state index in [2.05, 4.69) is 15.3 Å². The zero-order valence-corrected chi connectivity index (χ0v) is 17.6. The quantitative estimate of drug-likeness (QED) is 0.522. The van der Waals surface area contributed by atoms with E-state index in [1.807, 2.05) is 6.92 Å². The van der Waals surface area contributed by atoms with Gasteiger partial charge >= 0.3 is 0 Å². The molecule has 9 heteroatoms. The van der Waals surface area contributed by atoms with Gasteiger partial charge in [0.1, 0.15) is 10.6 Å². The predicted molar refractivity (Wildman–Crippen MR) is 115 cm³/mol. The Balaban J connectivity index is 1.60. The van der Waals surface area contributed by atoms with Crippen LogP contribution in [0.25, 0.3) is 10.9 Å². The number of thiazole rings is 1. The molecular formula is C20H21ClN4O3S. The maximum atomic E-state index is 12.7. The van der Waals surface area contributed by atoms with Crippen molar-refractivity contribution in [3.05, 3.63) is 49.7 Å². The van der Waals surface area contributed by atoms with Gasteiger partial charge in [0, 0.05) is 17.0 Å². The lowest BCUT2D eigenvalue weighted by Crippen LogP contribution is -2.19. The van der Waals surface area contributed by atoms with Crippen LogP contribution in [0.5, 0.6) is 5.75 Å². The maximum Gasteiger partial charge on any atom is 0.260 e. The van der Waals surface area contributed by atoms with Crippen LogP contribution in [-0.2, 0) is 0 Å². The molecule has 0 bridgehead atoms. The molecule has 7 nitrogen and oxygen atoms in total. The van der Waals surface area contributed by atoms with Crippen LogP contribution >= 0.6 is 22.9 Å². The summed E-state index contributed by atoms with van der Waals surface area (Å²) in [5, 5.41) is 5.02. The van der Waals surface area contributed by atoms with Gasteiger partial charge in [-0.2, -0.15) is 0 Å². The summed E-state index contributed by atoms with van der Waals surface area (Å²) in [6.45, 7) is 4.22. The van der Waals surface area contributed by atoms with Crippen LogP contribution in [0.15, 0.2) is 23.0 Å². The van der Waals surface area contributed by atoms with Crippen LogP contribution in [0.4, 0.5) is 5.13 Å². The maximum absolute atomic E-state index is 12.7. The first-order chi connectivity index (χ1) is 13.8. The molecule has 1 saturated carbocycles. The van der Waals surface area contributed by atoms with E-state index in [0.717, 1.165) is 5.39 Å². The lowest BCUT2D eigenvalue weighted by atomic mass is 10.1. The van der Waals surface area contributed by atoms with E-state index in [1.165, 1.54) is 24.2 Å². The summed E-state index contributed by atoms with van der Waals surface area (Å²) in [6.07, 6.45) is 2.38. The van der Waals surface area contributed by atoms with Gasteiger partial charge in [-0.1, -0.05) is 22.9 Å². The van der Waals surface area contributed by atoms with Gasteiger partial charge in [-0.05, 0) is 44.7 Å². The summed E-state index contributed by atoms with van der Waals surface area (Å²) in [7, 11) is 0. The van der Waals surface area contributed by atoms with Gasteiger partial charge in [0.25, 0.3) is 11.5 Å². The number of carbonyl (C=O) groups is 1. The monoisotopic (exact) mass is 432 g/mol. The van der Waals surface area contributed by atoms with Crippen molar-refractivity contribution in [3.63, 3.8) is 0 Å².